The Morgan fingerprint density at radius 1 is 1.19 bits per heavy atom. The molecule has 0 bridgehead atoms. The summed E-state index contributed by atoms with van der Waals surface area (Å²) in [5, 5.41) is 16.7. The molecule has 10 heteroatoms. The molecule has 0 aliphatic carbocycles. The number of nitrogens with zero attached hydrogens (tertiary/aromatic N) is 4. The number of nitrogen functional groups attached to an aromatic ring is 1. The van der Waals surface area contributed by atoms with Crippen molar-refractivity contribution >= 4 is 40.3 Å². The minimum atomic E-state index is -0.704. The fraction of sp³-hybridized carbons (Fsp3) is 0.409. The predicted molar refractivity (Wildman–Crippen MR) is 127 cm³/mol. The van der Waals surface area contributed by atoms with Crippen molar-refractivity contribution in [1.82, 2.24) is 30.3 Å². The molecule has 0 aromatic carbocycles. The maximum Gasteiger partial charge on any atom is 0.314 e. The van der Waals surface area contributed by atoms with Gasteiger partial charge in [-0.15, -0.1) is 0 Å². The lowest BCUT2D eigenvalue weighted by Gasteiger charge is -2.22. The number of pyridine rings is 1. The smallest absolute Gasteiger partial charge is 0.314 e. The predicted octanol–water partition coefficient (Wildman–Crippen LogP) is 2.99. The van der Waals surface area contributed by atoms with E-state index < -0.39 is 11.8 Å². The summed E-state index contributed by atoms with van der Waals surface area (Å²) in [5.41, 5.74) is 9.05. The highest BCUT2D eigenvalue weighted by Gasteiger charge is 2.22. The zero-order valence-corrected chi connectivity index (χ0v) is 19.3. The van der Waals surface area contributed by atoms with E-state index in [0.717, 1.165) is 6.42 Å². The van der Waals surface area contributed by atoms with E-state index in [-0.39, 0.29) is 5.92 Å². The topological polar surface area (TPSA) is 146 Å². The molecular formula is C22H32N8O2. The van der Waals surface area contributed by atoms with Crippen molar-refractivity contribution < 1.29 is 9.59 Å². The van der Waals surface area contributed by atoms with Crippen molar-refractivity contribution in [1.29, 1.82) is 0 Å². The second-order valence-corrected chi connectivity index (χ2v) is 7.57. The lowest BCUT2D eigenvalue weighted by Crippen LogP contribution is -2.41. The SMILES string of the molecule is C/C=C\c1cn[nH]c1CC.CCN(CC(C)C)C(=O)C(=O)Nc1cnc(N)c2cn[nH]c12. The zero-order valence-electron chi connectivity index (χ0n) is 19.3. The van der Waals surface area contributed by atoms with Crippen molar-refractivity contribution in [2.45, 2.75) is 41.0 Å². The molecule has 3 rings (SSSR count). The Bertz CT molecular complexity index is 1070. The number of hydrogen-bond acceptors (Lipinski definition) is 6. The first kappa shape index (κ1) is 24.6. The quantitative estimate of drug-likeness (QED) is 0.434. The number of likely N-dealkylation sites (N-methyl/N-ethyl adjacent to an activating group) is 1. The minimum Gasteiger partial charge on any atom is -0.383 e. The van der Waals surface area contributed by atoms with Crippen LogP contribution in [0.5, 0.6) is 0 Å². The van der Waals surface area contributed by atoms with E-state index >= 15 is 0 Å². The van der Waals surface area contributed by atoms with Gasteiger partial charge in [-0.3, -0.25) is 19.8 Å². The summed E-state index contributed by atoms with van der Waals surface area (Å²) in [7, 11) is 0. The number of aromatic nitrogens is 5. The van der Waals surface area contributed by atoms with Crippen LogP contribution >= 0.6 is 0 Å². The number of fused-ring (bicyclic) bond motifs is 1. The van der Waals surface area contributed by atoms with E-state index in [2.05, 4.69) is 43.7 Å². The van der Waals surface area contributed by atoms with Crippen LogP contribution in [0.25, 0.3) is 17.0 Å². The van der Waals surface area contributed by atoms with Crippen LogP contribution in [0.15, 0.2) is 24.7 Å². The van der Waals surface area contributed by atoms with Gasteiger partial charge >= 0.3 is 11.8 Å². The first-order valence-corrected chi connectivity index (χ1v) is 10.6. The number of nitrogens with one attached hydrogen (secondary N) is 3. The molecule has 3 aromatic rings. The van der Waals surface area contributed by atoms with Crippen molar-refractivity contribution in [2.24, 2.45) is 5.92 Å². The van der Waals surface area contributed by atoms with Gasteiger partial charge in [0.15, 0.2) is 0 Å². The number of H-pyrrole nitrogens is 2. The first-order valence-electron chi connectivity index (χ1n) is 10.6. The maximum atomic E-state index is 12.2. The van der Waals surface area contributed by atoms with Crippen LogP contribution in [-0.2, 0) is 16.0 Å². The lowest BCUT2D eigenvalue weighted by molar-refractivity contribution is -0.143. The summed E-state index contributed by atoms with van der Waals surface area (Å²) >= 11 is 0. The molecule has 0 atom stereocenters. The summed E-state index contributed by atoms with van der Waals surface area (Å²) in [5.74, 6) is -0.678. The average Bonchev–Trinajstić information content (AvgIpc) is 3.44. The molecule has 0 spiro atoms. The van der Waals surface area contributed by atoms with E-state index in [1.165, 1.54) is 28.6 Å². The van der Waals surface area contributed by atoms with Crippen molar-refractivity contribution in [3.05, 3.63) is 35.9 Å². The highest BCUT2D eigenvalue weighted by Crippen LogP contribution is 2.23. The normalized spacial score (nSPS) is 10.9. The molecule has 0 saturated heterocycles. The van der Waals surface area contributed by atoms with Crippen LogP contribution in [0.1, 0.15) is 45.9 Å². The molecule has 3 heterocycles. The van der Waals surface area contributed by atoms with Crippen LogP contribution in [0.4, 0.5) is 11.5 Å². The first-order chi connectivity index (χ1) is 15.3. The van der Waals surface area contributed by atoms with Crippen LogP contribution in [0.3, 0.4) is 0 Å². The zero-order chi connectivity index (χ0) is 23.7. The van der Waals surface area contributed by atoms with E-state index in [1.54, 1.807) is 0 Å². The van der Waals surface area contributed by atoms with Crippen LogP contribution in [-0.4, -0.2) is 55.2 Å². The number of nitrogens with two attached hydrogens (primary N) is 1. The van der Waals surface area contributed by atoms with E-state index in [1.807, 2.05) is 40.0 Å². The molecule has 0 radical (unpaired) electrons. The van der Waals surface area contributed by atoms with Gasteiger partial charge in [-0.2, -0.15) is 10.2 Å². The number of aromatic amines is 2. The van der Waals surface area contributed by atoms with Gasteiger partial charge in [0.05, 0.1) is 35.2 Å². The standard InChI is InChI=1S/C14H20N6O2.C8H12N2/c1-4-20(7-8(2)3)14(22)13(21)18-10-6-16-12(15)9-5-17-19-11(9)10;1-3-5-7-6-9-10-8(7)4-2/h5-6,8H,4,7H2,1-3H3,(H2,15,16)(H,17,19)(H,18,21);3,5-6H,4H2,1-2H3,(H,9,10)/b;5-3-. The van der Waals surface area contributed by atoms with Crippen LogP contribution < -0.4 is 11.1 Å². The second kappa shape index (κ2) is 11.6. The molecule has 0 saturated carbocycles. The van der Waals surface area contributed by atoms with Gasteiger partial charge in [-0.25, -0.2) is 4.98 Å². The summed E-state index contributed by atoms with van der Waals surface area (Å²) in [4.78, 5) is 29.8. The van der Waals surface area contributed by atoms with E-state index in [4.69, 9.17) is 5.73 Å². The number of allylic oxidation sites excluding steroid dienone is 1. The van der Waals surface area contributed by atoms with Gasteiger partial charge in [0, 0.05) is 24.3 Å². The van der Waals surface area contributed by atoms with Gasteiger partial charge in [0.25, 0.3) is 0 Å². The molecular weight excluding hydrogens is 408 g/mol. The highest BCUT2D eigenvalue weighted by atomic mass is 16.2. The molecule has 172 valence electrons. The molecule has 5 N–H and O–H groups in total. The van der Waals surface area contributed by atoms with Gasteiger partial charge in [0.1, 0.15) is 5.82 Å². The Kier molecular flexibility index (Phi) is 8.94. The van der Waals surface area contributed by atoms with Crippen molar-refractivity contribution in [2.75, 3.05) is 24.1 Å². The summed E-state index contributed by atoms with van der Waals surface area (Å²) < 4.78 is 0. The van der Waals surface area contributed by atoms with Crippen molar-refractivity contribution in [3.63, 3.8) is 0 Å². The van der Waals surface area contributed by atoms with Crippen LogP contribution in [0.2, 0.25) is 0 Å². The van der Waals surface area contributed by atoms with Gasteiger partial charge in [0.2, 0.25) is 0 Å². The summed E-state index contributed by atoms with van der Waals surface area (Å²) in [6, 6.07) is 0. The number of rotatable bonds is 6. The van der Waals surface area contributed by atoms with Gasteiger partial charge in [-0.1, -0.05) is 32.9 Å². The van der Waals surface area contributed by atoms with Crippen molar-refractivity contribution in [3.8, 4) is 0 Å². The highest BCUT2D eigenvalue weighted by molar-refractivity contribution is 6.40. The van der Waals surface area contributed by atoms with Gasteiger partial charge < -0.3 is 16.0 Å². The molecule has 0 aliphatic heterocycles. The summed E-state index contributed by atoms with van der Waals surface area (Å²) in [6.45, 7) is 10.9. The number of hydrogen-bond donors (Lipinski definition) is 4. The second-order valence-electron chi connectivity index (χ2n) is 7.57. The molecule has 0 fully saturated rings. The third kappa shape index (κ3) is 6.16. The summed E-state index contributed by atoms with van der Waals surface area (Å²) in [6.07, 6.45) is 9.86. The number of aryl methyl sites for hydroxylation is 1. The number of anilines is 2. The minimum absolute atomic E-state index is 0.286. The largest absolute Gasteiger partial charge is 0.383 e. The van der Waals surface area contributed by atoms with Gasteiger partial charge in [-0.05, 0) is 26.2 Å². The number of amides is 2. The monoisotopic (exact) mass is 440 g/mol. The van der Waals surface area contributed by atoms with E-state index in [0.29, 0.717) is 35.5 Å². The molecule has 0 unspecified atom stereocenters. The number of carbonyl (C=O) groups is 2. The molecule has 2 amide bonds. The lowest BCUT2D eigenvalue weighted by atomic mass is 10.2. The maximum absolute atomic E-state index is 12.2. The Labute approximate surface area is 187 Å². The molecule has 0 aliphatic rings. The Morgan fingerprint density at radius 2 is 1.91 bits per heavy atom. The Hall–Kier alpha value is -3.69. The third-order valence-corrected chi connectivity index (χ3v) is 4.67. The fourth-order valence-electron chi connectivity index (χ4n) is 3.09. The fourth-order valence-corrected chi connectivity index (χ4v) is 3.09. The van der Waals surface area contributed by atoms with E-state index in [9.17, 15) is 9.59 Å². The Balaban J connectivity index is 0.000000303. The molecule has 32 heavy (non-hydrogen) atoms. The average molecular weight is 441 g/mol. The molecule has 10 nitrogen and oxygen atoms in total. The third-order valence-electron chi connectivity index (χ3n) is 4.67. The molecule has 3 aromatic heterocycles. The Morgan fingerprint density at radius 3 is 2.53 bits per heavy atom. The number of carbonyl (C=O) groups excluding carboxylic acids is 2. The van der Waals surface area contributed by atoms with Crippen LogP contribution in [0, 0.1) is 5.92 Å².